The quantitative estimate of drug-likeness (QED) is 0.608. The first-order chi connectivity index (χ1) is 13.3. The fourth-order valence-corrected chi connectivity index (χ4v) is 2.66. The average molecular weight is 385 g/mol. The van der Waals surface area contributed by atoms with Crippen LogP contribution in [0, 0.1) is 0 Å². The van der Waals surface area contributed by atoms with Crippen molar-refractivity contribution in [2.24, 2.45) is 0 Å². The molecule has 1 atom stereocenters. The molecule has 2 N–H and O–H groups in total. The molecule has 0 aliphatic rings. The number of carbonyl (C=O) groups excluding carboxylic acids is 1. The monoisotopic (exact) mass is 385 g/mol. The van der Waals surface area contributed by atoms with Crippen molar-refractivity contribution in [2.75, 3.05) is 10.6 Å². The number of carbonyl (C=O) groups is 1. The summed E-state index contributed by atoms with van der Waals surface area (Å²) >= 11 is 0. The number of amides is 1. The van der Waals surface area contributed by atoms with Crippen LogP contribution in [-0.2, 0) is 6.18 Å². The number of nitrogens with one attached hydrogen (secondary N) is 2. The molecule has 0 spiro atoms. The van der Waals surface area contributed by atoms with E-state index in [0.717, 1.165) is 23.4 Å². The molecule has 3 rings (SSSR count). The van der Waals surface area contributed by atoms with Gasteiger partial charge < -0.3 is 10.6 Å². The Morgan fingerprint density at radius 3 is 2.36 bits per heavy atom. The highest BCUT2D eigenvalue weighted by Gasteiger charge is 2.30. The fraction of sp³-hybridized carbons (Fsp3) is 0.143. The van der Waals surface area contributed by atoms with Crippen molar-refractivity contribution in [2.45, 2.75) is 19.1 Å². The highest BCUT2D eigenvalue weighted by molar-refractivity contribution is 6.03. The number of hydrogen-bond acceptors (Lipinski definition) is 3. The lowest BCUT2D eigenvalue weighted by Gasteiger charge is -2.15. The Labute approximate surface area is 160 Å². The third-order valence-electron chi connectivity index (χ3n) is 4.13. The summed E-state index contributed by atoms with van der Waals surface area (Å²) in [6.07, 6.45) is -2.96. The molecule has 1 heterocycles. The van der Waals surface area contributed by atoms with Gasteiger partial charge >= 0.3 is 6.18 Å². The summed E-state index contributed by atoms with van der Waals surface area (Å²) in [5.74, 6) is -0.581. The van der Waals surface area contributed by atoms with Gasteiger partial charge in [-0.1, -0.05) is 36.4 Å². The van der Waals surface area contributed by atoms with E-state index in [1.807, 2.05) is 37.3 Å². The van der Waals surface area contributed by atoms with Crippen molar-refractivity contribution in [1.82, 2.24) is 4.98 Å². The van der Waals surface area contributed by atoms with Gasteiger partial charge in [-0.3, -0.25) is 4.79 Å². The zero-order valence-electron chi connectivity index (χ0n) is 15.0. The number of benzene rings is 2. The largest absolute Gasteiger partial charge is 0.416 e. The normalized spacial score (nSPS) is 12.3. The summed E-state index contributed by atoms with van der Waals surface area (Å²) in [4.78, 5) is 16.4. The number of hydrogen-bond donors (Lipinski definition) is 2. The van der Waals surface area contributed by atoms with Gasteiger partial charge in [-0.2, -0.15) is 13.2 Å². The summed E-state index contributed by atoms with van der Waals surface area (Å²) < 4.78 is 38.3. The average Bonchev–Trinajstić information content (AvgIpc) is 2.69. The smallest absolute Gasteiger partial charge is 0.377 e. The van der Waals surface area contributed by atoms with Gasteiger partial charge in [-0.05, 0) is 42.8 Å². The lowest BCUT2D eigenvalue weighted by atomic mass is 10.1. The van der Waals surface area contributed by atoms with Crippen LogP contribution in [0.1, 0.15) is 34.6 Å². The Hall–Kier alpha value is -3.35. The number of anilines is 2. The van der Waals surface area contributed by atoms with E-state index >= 15 is 0 Å². The highest BCUT2D eigenvalue weighted by atomic mass is 19.4. The SMILES string of the molecule is CC(Nc1ccc(C(=O)Nc2cccc(C(F)(F)F)c2)nc1)c1ccccc1. The molecule has 1 unspecified atom stereocenters. The summed E-state index contributed by atoms with van der Waals surface area (Å²) in [6.45, 7) is 2.00. The second-order valence-electron chi connectivity index (χ2n) is 6.24. The van der Waals surface area contributed by atoms with Crippen LogP contribution in [0.5, 0.6) is 0 Å². The first-order valence-corrected chi connectivity index (χ1v) is 8.59. The van der Waals surface area contributed by atoms with E-state index in [-0.39, 0.29) is 17.4 Å². The Balaban J connectivity index is 1.66. The van der Waals surface area contributed by atoms with Crippen LogP contribution >= 0.6 is 0 Å². The molecular formula is C21H18F3N3O. The van der Waals surface area contributed by atoms with E-state index < -0.39 is 17.6 Å². The molecule has 0 fully saturated rings. The van der Waals surface area contributed by atoms with Crippen LogP contribution in [0.15, 0.2) is 72.9 Å². The minimum atomic E-state index is -4.47. The summed E-state index contributed by atoms with van der Waals surface area (Å²) in [7, 11) is 0. The zero-order valence-corrected chi connectivity index (χ0v) is 15.0. The second-order valence-corrected chi connectivity index (χ2v) is 6.24. The van der Waals surface area contributed by atoms with Gasteiger partial charge in [-0.25, -0.2) is 4.98 Å². The molecule has 0 aliphatic carbocycles. The van der Waals surface area contributed by atoms with Crippen LogP contribution in [0.3, 0.4) is 0 Å². The molecule has 1 aromatic heterocycles. The predicted octanol–water partition coefficient (Wildman–Crippen LogP) is 5.53. The number of pyridine rings is 1. The first-order valence-electron chi connectivity index (χ1n) is 8.59. The van der Waals surface area contributed by atoms with Crippen LogP contribution in [0.2, 0.25) is 0 Å². The molecule has 28 heavy (non-hydrogen) atoms. The van der Waals surface area contributed by atoms with Gasteiger partial charge in [-0.15, -0.1) is 0 Å². The summed E-state index contributed by atoms with van der Waals surface area (Å²) in [6, 6.07) is 17.6. The Kier molecular flexibility index (Phi) is 5.63. The third-order valence-corrected chi connectivity index (χ3v) is 4.13. The van der Waals surface area contributed by atoms with Crippen molar-refractivity contribution in [1.29, 1.82) is 0 Å². The maximum absolute atomic E-state index is 12.8. The van der Waals surface area contributed by atoms with Crippen molar-refractivity contribution in [3.8, 4) is 0 Å². The Morgan fingerprint density at radius 1 is 0.964 bits per heavy atom. The summed E-state index contributed by atoms with van der Waals surface area (Å²) in [5.41, 5.74) is 1.17. The number of nitrogens with zero attached hydrogens (tertiary/aromatic N) is 1. The minimum absolute atomic E-state index is 0.0489. The van der Waals surface area contributed by atoms with Crippen molar-refractivity contribution < 1.29 is 18.0 Å². The van der Waals surface area contributed by atoms with Crippen LogP contribution in [0.25, 0.3) is 0 Å². The lowest BCUT2D eigenvalue weighted by molar-refractivity contribution is -0.137. The number of alkyl halides is 3. The van der Waals surface area contributed by atoms with Crippen molar-refractivity contribution in [3.05, 3.63) is 89.7 Å². The van der Waals surface area contributed by atoms with E-state index in [2.05, 4.69) is 15.6 Å². The van der Waals surface area contributed by atoms with Gasteiger partial charge in [0, 0.05) is 11.7 Å². The Bertz CT molecular complexity index is 941. The van der Waals surface area contributed by atoms with E-state index in [1.165, 1.54) is 24.4 Å². The molecule has 2 aromatic carbocycles. The third kappa shape index (κ3) is 4.88. The minimum Gasteiger partial charge on any atom is -0.377 e. The van der Waals surface area contributed by atoms with Crippen LogP contribution in [0.4, 0.5) is 24.5 Å². The fourth-order valence-electron chi connectivity index (χ4n) is 2.66. The number of aromatic nitrogens is 1. The molecular weight excluding hydrogens is 367 g/mol. The van der Waals surface area contributed by atoms with E-state index in [4.69, 9.17) is 0 Å². The molecule has 0 saturated heterocycles. The molecule has 4 nitrogen and oxygen atoms in total. The topological polar surface area (TPSA) is 54.0 Å². The number of rotatable bonds is 5. The molecule has 1 amide bonds. The van der Waals surface area contributed by atoms with Crippen molar-refractivity contribution >= 4 is 17.3 Å². The Morgan fingerprint density at radius 2 is 1.71 bits per heavy atom. The lowest BCUT2D eigenvalue weighted by Crippen LogP contribution is -2.15. The molecule has 0 bridgehead atoms. The van der Waals surface area contributed by atoms with Gasteiger partial charge in [0.25, 0.3) is 5.91 Å². The number of halogens is 3. The first kappa shape index (κ1) is 19.4. The van der Waals surface area contributed by atoms with Gasteiger partial charge in [0.05, 0.1) is 17.4 Å². The standard InChI is InChI=1S/C21H18F3N3O/c1-14(15-6-3-2-4-7-15)26-18-10-11-19(25-13-18)20(28)27-17-9-5-8-16(12-17)21(22,23)24/h2-14,26H,1H3,(H,27,28). The predicted molar refractivity (Wildman–Crippen MR) is 102 cm³/mol. The molecule has 144 valence electrons. The van der Waals surface area contributed by atoms with Crippen molar-refractivity contribution in [3.63, 3.8) is 0 Å². The van der Waals surface area contributed by atoms with E-state index in [1.54, 1.807) is 6.07 Å². The van der Waals surface area contributed by atoms with Gasteiger partial charge in [0.2, 0.25) is 0 Å². The molecule has 7 heteroatoms. The van der Waals surface area contributed by atoms with Crippen LogP contribution < -0.4 is 10.6 Å². The van der Waals surface area contributed by atoms with E-state index in [0.29, 0.717) is 0 Å². The molecule has 0 saturated carbocycles. The molecule has 0 aliphatic heterocycles. The maximum atomic E-state index is 12.8. The van der Waals surface area contributed by atoms with E-state index in [9.17, 15) is 18.0 Å². The zero-order chi connectivity index (χ0) is 20.1. The maximum Gasteiger partial charge on any atom is 0.416 e. The van der Waals surface area contributed by atoms with Gasteiger partial charge in [0.1, 0.15) is 5.69 Å². The molecule has 3 aromatic rings. The molecule has 0 radical (unpaired) electrons. The second kappa shape index (κ2) is 8.12. The summed E-state index contributed by atoms with van der Waals surface area (Å²) in [5, 5.41) is 5.71. The van der Waals surface area contributed by atoms with Crippen LogP contribution in [-0.4, -0.2) is 10.9 Å². The highest BCUT2D eigenvalue weighted by Crippen LogP contribution is 2.30. The van der Waals surface area contributed by atoms with Gasteiger partial charge in [0.15, 0.2) is 0 Å².